The van der Waals surface area contributed by atoms with Crippen molar-refractivity contribution >= 4 is 65.1 Å². The average Bonchev–Trinajstić information content (AvgIpc) is 1.35. The van der Waals surface area contributed by atoms with Crippen molar-refractivity contribution in [3.05, 3.63) is 327 Å². The summed E-state index contributed by atoms with van der Waals surface area (Å²) < 4.78 is 128. The van der Waals surface area contributed by atoms with Crippen LogP contribution in [0.4, 0.5) is 13.2 Å². The summed E-state index contributed by atoms with van der Waals surface area (Å²) >= 11 is 0. The lowest BCUT2D eigenvalue weighted by molar-refractivity contribution is 0.0790. The summed E-state index contributed by atoms with van der Waals surface area (Å²) in [7, 11) is -11.1. The molecule has 0 bridgehead atoms. The van der Waals surface area contributed by atoms with E-state index in [0.717, 1.165) is 67.2 Å². The average molecular weight is 1580 g/mol. The largest absolute Gasteiger partial charge is 0.291 e. The Kier molecular flexibility index (Phi) is 20.2. The predicted molar refractivity (Wildman–Crippen MR) is 422 cm³/mol. The number of ketones is 3. The minimum atomic E-state index is -3.71. The fourth-order valence-corrected chi connectivity index (χ4v) is 22.6. The number of hydrogen-bond acceptors (Lipinski definition) is 17. The molecule has 0 unspecified atom stereocenters. The smallest absolute Gasteiger partial charge is 0.191 e. The molecular weight excluding hydrogens is 1510 g/mol. The summed E-state index contributed by atoms with van der Waals surface area (Å²) in [6.45, 7) is 5.73. The van der Waals surface area contributed by atoms with Gasteiger partial charge in [-0.1, -0.05) is 46.5 Å². The summed E-state index contributed by atoms with van der Waals surface area (Å²) in [5.41, 5.74) is 10.3. The lowest BCUT2D eigenvalue weighted by Crippen LogP contribution is -2.45. The van der Waals surface area contributed by atoms with E-state index in [4.69, 9.17) is 0 Å². The molecule has 6 aliphatic rings. The first kappa shape index (κ1) is 76.1. The van der Waals surface area contributed by atoms with Crippen LogP contribution in [-0.2, 0) is 48.8 Å². The molecule has 0 aliphatic heterocycles. The molecule has 3 saturated carbocycles. The van der Waals surface area contributed by atoms with E-state index in [1.165, 1.54) is 61.2 Å². The molecule has 3 fully saturated rings. The zero-order chi connectivity index (χ0) is 79.5. The Morgan fingerprint density at radius 1 is 0.368 bits per heavy atom. The van der Waals surface area contributed by atoms with E-state index in [9.17, 15) is 52.8 Å². The van der Waals surface area contributed by atoms with Crippen molar-refractivity contribution in [1.82, 2.24) is 54.3 Å². The van der Waals surface area contributed by atoms with Gasteiger partial charge in [-0.15, -0.1) is 0 Å². The number of benzene rings is 4. The number of aromatic nitrogens is 11. The Balaban J connectivity index is 0.000000129. The number of carbonyl (C=O) groups excluding carboxylic acids is 3. The van der Waals surface area contributed by atoms with E-state index in [0.29, 0.717) is 91.9 Å². The molecule has 0 spiro atoms. The maximum atomic E-state index is 14.3. The van der Waals surface area contributed by atoms with Crippen molar-refractivity contribution in [2.45, 2.75) is 128 Å². The van der Waals surface area contributed by atoms with Gasteiger partial charge in [-0.05, 0) is 283 Å². The molecule has 12 aromatic rings. The number of pyridine rings is 5. The van der Waals surface area contributed by atoms with Crippen LogP contribution in [0.3, 0.4) is 0 Å². The second-order valence-electron chi connectivity index (χ2n) is 30.2. The third-order valence-electron chi connectivity index (χ3n) is 23.1. The van der Waals surface area contributed by atoms with Crippen LogP contribution < -0.4 is 0 Å². The van der Waals surface area contributed by atoms with E-state index in [1.54, 1.807) is 166 Å². The highest BCUT2D eigenvalue weighted by molar-refractivity contribution is 7.92. The normalized spacial score (nSPS) is 20.8. The van der Waals surface area contributed by atoms with Crippen LogP contribution in [0, 0.1) is 54.5 Å². The molecule has 6 aliphatic carbocycles. The number of sulfone groups is 3. The van der Waals surface area contributed by atoms with Gasteiger partial charge in [-0.25, -0.2) is 52.5 Å². The molecule has 0 saturated heterocycles. The van der Waals surface area contributed by atoms with Gasteiger partial charge in [-0.2, -0.15) is 15.3 Å². The topological polar surface area (TPSA) is 272 Å². The van der Waals surface area contributed by atoms with Gasteiger partial charge >= 0.3 is 0 Å². The van der Waals surface area contributed by atoms with Crippen LogP contribution in [0.15, 0.2) is 257 Å². The standard InChI is InChI=1S/C31H28FN3O3S.C29H25FN4O3S.C28H23FN4O3S/c1-20-3-11-26(12-4-20)39(37,38)27-13-6-23-15-29-22(19-34-35(29)25-9-7-24(32)8-10-25)16-31(23,17-27)30(36)28-14-5-21(2)18-33-28;1-19-10-12-32-26(13-19)28(35)29-15-20-17-33-34(23-7-5-22(30)6-8-23)27(20)14-21(29)4-9-24(16-29)38(36,37)25-3-2-11-31-18-25;29-21-7-9-22(10-8-21)33-26-14-20-6-11-23(37(35,36)24-4-3-12-30-18-24)16-28(20,15-19(26)17-32-33)27(34)25-5-1-2-13-31-25/h3-5,7-12,14-15,18-19,27H,6,13,16-17H2,1-2H3;2-3,5-8,10-14,17-18,24H,4,9,15-16H2,1H3;1-5,7-10,12-14,17-18,23H,6,11,15-16H2/t27-,31-;24-,29-;23-,28-/m000/s1. The number of rotatable bonds is 15. The lowest BCUT2D eigenvalue weighted by atomic mass is 9.61. The number of aryl methyl sites for hydroxylation is 3. The monoisotopic (exact) mass is 1580 g/mol. The number of halogens is 3. The quantitative estimate of drug-likeness (QED) is 0.0863. The Bertz CT molecular complexity index is 6210. The first-order chi connectivity index (χ1) is 54.8. The fraction of sp³-hybridized carbons (Fsp3) is 0.239. The summed E-state index contributed by atoms with van der Waals surface area (Å²) in [5.74, 6) is -1.55. The molecule has 18 rings (SSSR count). The van der Waals surface area contributed by atoms with Crippen LogP contribution in [0.1, 0.15) is 140 Å². The molecule has 0 N–H and O–H groups in total. The molecule has 114 heavy (non-hydrogen) atoms. The number of Topliss-reactive ketones (excluding diaryl/α,β-unsaturated/α-hetero) is 3. The zero-order valence-electron chi connectivity index (χ0n) is 62.3. The summed E-state index contributed by atoms with van der Waals surface area (Å²) in [4.78, 5) is 64.4. The van der Waals surface area contributed by atoms with Crippen LogP contribution >= 0.6 is 0 Å². The number of fused-ring (bicyclic) bond motifs is 6. The maximum absolute atomic E-state index is 14.3. The van der Waals surface area contributed by atoms with Crippen molar-refractivity contribution in [1.29, 1.82) is 0 Å². The van der Waals surface area contributed by atoms with Crippen LogP contribution in [0.2, 0.25) is 0 Å². The van der Waals surface area contributed by atoms with Gasteiger partial charge in [0.05, 0.1) is 99.4 Å². The highest BCUT2D eigenvalue weighted by Crippen LogP contribution is 2.56. The summed E-state index contributed by atoms with van der Waals surface area (Å²) in [6, 6.07) is 43.8. The third kappa shape index (κ3) is 14.1. The van der Waals surface area contributed by atoms with Crippen molar-refractivity contribution in [3.8, 4) is 17.1 Å². The van der Waals surface area contributed by atoms with Gasteiger partial charge < -0.3 is 0 Å². The first-order valence-corrected chi connectivity index (χ1v) is 42.1. The molecule has 8 heterocycles. The molecule has 20 nitrogen and oxygen atoms in total. The number of nitrogens with zero attached hydrogens (tertiary/aromatic N) is 11. The van der Waals surface area contributed by atoms with Crippen molar-refractivity contribution in [2.24, 2.45) is 16.2 Å². The van der Waals surface area contributed by atoms with Gasteiger partial charge in [-0.3, -0.25) is 39.3 Å². The third-order valence-corrected chi connectivity index (χ3v) is 29.7. The van der Waals surface area contributed by atoms with Crippen molar-refractivity contribution in [2.75, 3.05) is 0 Å². The summed E-state index contributed by atoms with van der Waals surface area (Å²) in [5, 5.41) is 11.4. The molecule has 0 radical (unpaired) electrons. The second-order valence-corrected chi connectivity index (χ2v) is 36.9. The number of hydrogen-bond donors (Lipinski definition) is 0. The van der Waals surface area contributed by atoms with Crippen LogP contribution in [-0.4, -0.2) is 113 Å². The van der Waals surface area contributed by atoms with E-state index >= 15 is 0 Å². The predicted octanol–water partition coefficient (Wildman–Crippen LogP) is 15.4. The Hall–Kier alpha value is -11.9. The molecule has 8 aromatic heterocycles. The lowest BCUT2D eigenvalue weighted by Gasteiger charge is -2.43. The molecule has 0 amide bonds. The van der Waals surface area contributed by atoms with E-state index < -0.39 is 61.5 Å². The second kappa shape index (κ2) is 30.2. The minimum Gasteiger partial charge on any atom is -0.291 e. The molecule has 576 valence electrons. The Labute approximate surface area is 657 Å². The maximum Gasteiger partial charge on any atom is 0.191 e. The van der Waals surface area contributed by atoms with E-state index in [-0.39, 0.29) is 68.8 Å². The van der Waals surface area contributed by atoms with Gasteiger partial charge in [0.1, 0.15) is 34.5 Å². The summed E-state index contributed by atoms with van der Waals surface area (Å²) in [6.07, 6.45) is 25.6. The number of carbonyl (C=O) groups is 3. The first-order valence-electron chi connectivity index (χ1n) is 37.4. The Morgan fingerprint density at radius 2 is 0.754 bits per heavy atom. The molecular formula is C88H76F3N11O9S3. The Morgan fingerprint density at radius 3 is 1.12 bits per heavy atom. The zero-order valence-corrected chi connectivity index (χ0v) is 64.7. The van der Waals surface area contributed by atoms with Gasteiger partial charge in [0.25, 0.3) is 0 Å². The van der Waals surface area contributed by atoms with Crippen molar-refractivity contribution < 1.29 is 52.8 Å². The minimum absolute atomic E-state index is 0.145. The fourth-order valence-electron chi connectivity index (χ4n) is 17.2. The molecule has 4 aromatic carbocycles. The molecule has 26 heteroatoms. The SMILES string of the molecule is Cc1ccc(S(=O)(=O)[C@H]2CCC3=Cc4c(cnn4-c4ccc(F)cc4)C[C@]3(C(=O)c3ccc(C)cn3)C2)cc1.Cc1ccnc(C(=O)[C@]23Cc4cnn(-c5ccc(F)cc5)c4C=C2CC[C@H](S(=O)(=O)c2cccnc2)C3)c1.O=C(c1ccccn1)[C@]12Cc3cnn(-c4ccc(F)cc4)c3C=C1CC[C@H](S(=O)(=O)c1cccnc1)C2. The van der Waals surface area contributed by atoms with Gasteiger partial charge in [0, 0.05) is 43.4 Å². The number of allylic oxidation sites excluding steroid dienone is 3. The van der Waals surface area contributed by atoms with Gasteiger partial charge in [0.2, 0.25) is 0 Å². The van der Waals surface area contributed by atoms with Crippen LogP contribution in [0.25, 0.3) is 35.3 Å². The highest BCUT2D eigenvalue weighted by atomic mass is 32.2. The van der Waals surface area contributed by atoms with Crippen molar-refractivity contribution in [3.63, 3.8) is 0 Å². The molecule has 6 atom stereocenters. The van der Waals surface area contributed by atoms with Crippen LogP contribution in [0.5, 0.6) is 0 Å². The van der Waals surface area contributed by atoms with Gasteiger partial charge in [0.15, 0.2) is 46.9 Å². The highest BCUT2D eigenvalue weighted by Gasteiger charge is 2.56. The van der Waals surface area contributed by atoms with E-state index in [1.807, 2.05) is 51.1 Å². The van der Waals surface area contributed by atoms with E-state index in [2.05, 4.69) is 40.2 Å².